The molecule has 1 aromatic rings. The smallest absolute Gasteiger partial charge is 0.328 e. The summed E-state index contributed by atoms with van der Waals surface area (Å²) < 4.78 is 23.8. The highest BCUT2D eigenvalue weighted by Gasteiger charge is 2.31. The van der Waals surface area contributed by atoms with Crippen molar-refractivity contribution in [1.29, 1.82) is 0 Å². The van der Waals surface area contributed by atoms with Crippen molar-refractivity contribution in [3.8, 4) is 0 Å². The molecule has 8 heteroatoms. The van der Waals surface area contributed by atoms with Gasteiger partial charge in [-0.2, -0.15) is 11.8 Å². The summed E-state index contributed by atoms with van der Waals surface area (Å²) in [4.78, 5) is 13.6. The summed E-state index contributed by atoms with van der Waals surface area (Å²) in [6, 6.07) is 1.85. The average Bonchev–Trinajstić information content (AvgIpc) is 2.83. The molecule has 5 nitrogen and oxygen atoms in total. The molecule has 0 bridgehead atoms. The standard InChI is InChI=1S/C13H17NO4S3/c1-21(17,18)12-9-19-7-5-14(12)8-11-10(4-6-20-11)2-3-13(15)16/h2-4,6,12H,5,7-9H2,1H3,(H,15,16). The molecule has 0 radical (unpaired) electrons. The second-order valence-electron chi connectivity index (χ2n) is 4.80. The molecule has 0 aliphatic carbocycles. The van der Waals surface area contributed by atoms with Crippen LogP contribution in [0.4, 0.5) is 0 Å². The Morgan fingerprint density at radius 3 is 3.00 bits per heavy atom. The van der Waals surface area contributed by atoms with Crippen LogP contribution in [0.3, 0.4) is 0 Å². The zero-order valence-corrected chi connectivity index (χ0v) is 14.0. The SMILES string of the molecule is CS(=O)(=O)C1CSCCN1Cc1sccc1C=CC(=O)O. The summed E-state index contributed by atoms with van der Waals surface area (Å²) in [5, 5.41) is 10.1. The van der Waals surface area contributed by atoms with Crippen molar-refractivity contribution < 1.29 is 18.3 Å². The maximum Gasteiger partial charge on any atom is 0.328 e. The third-order valence-corrected chi connectivity index (χ3v) is 6.83. The Bertz CT molecular complexity index is 636. The van der Waals surface area contributed by atoms with Crippen LogP contribution in [0.1, 0.15) is 10.4 Å². The van der Waals surface area contributed by atoms with Crippen molar-refractivity contribution >= 4 is 45.0 Å². The number of carboxylic acids is 1. The molecule has 1 atom stereocenters. The Balaban J connectivity index is 2.17. The fourth-order valence-electron chi connectivity index (χ4n) is 2.16. The van der Waals surface area contributed by atoms with Crippen LogP contribution in [0.2, 0.25) is 0 Å². The maximum atomic E-state index is 11.9. The van der Waals surface area contributed by atoms with Crippen LogP contribution in [-0.2, 0) is 21.2 Å². The molecule has 1 aliphatic rings. The van der Waals surface area contributed by atoms with Gasteiger partial charge in [-0.05, 0) is 23.1 Å². The van der Waals surface area contributed by atoms with Gasteiger partial charge >= 0.3 is 5.97 Å². The van der Waals surface area contributed by atoms with E-state index in [0.29, 0.717) is 12.3 Å². The first-order chi connectivity index (χ1) is 9.88. The van der Waals surface area contributed by atoms with E-state index in [1.165, 1.54) is 17.6 Å². The third kappa shape index (κ3) is 4.57. The van der Waals surface area contributed by atoms with Crippen molar-refractivity contribution in [3.05, 3.63) is 28.0 Å². The largest absolute Gasteiger partial charge is 0.478 e. The van der Waals surface area contributed by atoms with Gasteiger partial charge in [0.1, 0.15) is 5.37 Å². The quantitative estimate of drug-likeness (QED) is 0.818. The lowest BCUT2D eigenvalue weighted by atomic mass is 10.2. The highest BCUT2D eigenvalue weighted by Crippen LogP contribution is 2.26. The fourth-order valence-corrected chi connectivity index (χ4v) is 6.00. The van der Waals surface area contributed by atoms with E-state index in [2.05, 4.69) is 0 Å². The van der Waals surface area contributed by atoms with E-state index in [0.717, 1.165) is 28.8 Å². The minimum absolute atomic E-state index is 0.463. The molecular formula is C13H17NO4S3. The minimum Gasteiger partial charge on any atom is -0.478 e. The number of thioether (sulfide) groups is 1. The molecule has 1 N–H and O–H groups in total. The number of hydrogen-bond donors (Lipinski definition) is 1. The van der Waals surface area contributed by atoms with Crippen LogP contribution < -0.4 is 0 Å². The first kappa shape index (κ1) is 16.5. The van der Waals surface area contributed by atoms with Gasteiger partial charge in [-0.15, -0.1) is 11.3 Å². The summed E-state index contributed by atoms with van der Waals surface area (Å²) in [5.41, 5.74) is 0.841. The number of aliphatic carboxylic acids is 1. The van der Waals surface area contributed by atoms with Gasteiger partial charge in [-0.25, -0.2) is 13.2 Å². The lowest BCUT2D eigenvalue weighted by molar-refractivity contribution is -0.131. The van der Waals surface area contributed by atoms with Gasteiger partial charge in [0.15, 0.2) is 9.84 Å². The van der Waals surface area contributed by atoms with Crippen molar-refractivity contribution in [2.75, 3.05) is 24.3 Å². The summed E-state index contributed by atoms with van der Waals surface area (Å²) >= 11 is 3.18. The minimum atomic E-state index is -3.12. The van der Waals surface area contributed by atoms with E-state index in [1.807, 2.05) is 16.3 Å². The molecule has 0 saturated carbocycles. The molecule has 0 spiro atoms. The van der Waals surface area contributed by atoms with Gasteiger partial charge in [0.05, 0.1) is 0 Å². The molecule has 1 saturated heterocycles. The number of carbonyl (C=O) groups is 1. The molecule has 21 heavy (non-hydrogen) atoms. The van der Waals surface area contributed by atoms with Gasteiger partial charge in [-0.1, -0.05) is 0 Å². The Morgan fingerprint density at radius 2 is 2.33 bits per heavy atom. The van der Waals surface area contributed by atoms with Crippen molar-refractivity contribution in [1.82, 2.24) is 4.90 Å². The highest BCUT2D eigenvalue weighted by atomic mass is 32.2. The van der Waals surface area contributed by atoms with Gasteiger partial charge in [0.2, 0.25) is 0 Å². The van der Waals surface area contributed by atoms with Gasteiger partial charge in [-0.3, -0.25) is 4.90 Å². The monoisotopic (exact) mass is 347 g/mol. The molecule has 2 heterocycles. The lowest BCUT2D eigenvalue weighted by Crippen LogP contribution is -2.46. The van der Waals surface area contributed by atoms with E-state index in [-0.39, 0.29) is 0 Å². The zero-order chi connectivity index (χ0) is 15.5. The Kier molecular flexibility index (Phi) is 5.48. The molecule has 1 aromatic heterocycles. The summed E-state index contributed by atoms with van der Waals surface area (Å²) in [5.74, 6) is 0.512. The average molecular weight is 347 g/mol. The first-order valence-corrected chi connectivity index (χ1v) is 10.3. The molecule has 1 aliphatic heterocycles. The van der Waals surface area contributed by atoms with E-state index in [1.54, 1.807) is 17.8 Å². The normalized spacial score (nSPS) is 20.9. The molecule has 0 amide bonds. The van der Waals surface area contributed by atoms with Gasteiger partial charge in [0, 0.05) is 41.8 Å². The van der Waals surface area contributed by atoms with Gasteiger partial charge < -0.3 is 5.11 Å². The summed E-state index contributed by atoms with van der Waals surface area (Å²) in [6.45, 7) is 1.26. The molecule has 1 fully saturated rings. The van der Waals surface area contributed by atoms with Crippen LogP contribution in [0.25, 0.3) is 6.08 Å². The predicted molar refractivity (Wildman–Crippen MR) is 87.4 cm³/mol. The van der Waals surface area contributed by atoms with E-state index >= 15 is 0 Å². The Morgan fingerprint density at radius 1 is 1.57 bits per heavy atom. The Labute approximate surface area is 132 Å². The number of nitrogens with zero attached hydrogens (tertiary/aromatic N) is 1. The zero-order valence-electron chi connectivity index (χ0n) is 11.6. The van der Waals surface area contributed by atoms with Crippen LogP contribution in [0.15, 0.2) is 17.5 Å². The third-order valence-electron chi connectivity index (χ3n) is 3.22. The highest BCUT2D eigenvalue weighted by molar-refractivity contribution is 8.00. The fraction of sp³-hybridized carbons (Fsp3) is 0.462. The summed E-state index contributed by atoms with van der Waals surface area (Å²) in [7, 11) is -3.12. The molecule has 1 unspecified atom stereocenters. The predicted octanol–water partition coefficient (Wildman–Crippen LogP) is 1.77. The molecule has 0 aromatic carbocycles. The van der Waals surface area contributed by atoms with Crippen LogP contribution in [0, 0.1) is 0 Å². The second kappa shape index (κ2) is 6.95. The second-order valence-corrected chi connectivity index (χ2v) is 9.15. The Hall–Kier alpha value is -0.830. The lowest BCUT2D eigenvalue weighted by Gasteiger charge is -2.33. The van der Waals surface area contributed by atoms with E-state index < -0.39 is 21.2 Å². The number of sulfone groups is 1. The molecular weight excluding hydrogens is 330 g/mol. The summed E-state index contributed by atoms with van der Waals surface area (Å²) in [6.07, 6.45) is 3.93. The number of hydrogen-bond acceptors (Lipinski definition) is 6. The first-order valence-electron chi connectivity index (χ1n) is 6.36. The maximum absolute atomic E-state index is 11.9. The number of thiophene rings is 1. The van der Waals surface area contributed by atoms with Crippen molar-refractivity contribution in [3.63, 3.8) is 0 Å². The van der Waals surface area contributed by atoms with E-state index in [9.17, 15) is 13.2 Å². The van der Waals surface area contributed by atoms with Crippen LogP contribution in [0.5, 0.6) is 0 Å². The number of carboxylic acid groups (broad SMARTS) is 1. The van der Waals surface area contributed by atoms with Gasteiger partial charge in [0.25, 0.3) is 0 Å². The number of rotatable bonds is 5. The van der Waals surface area contributed by atoms with Crippen LogP contribution >= 0.6 is 23.1 Å². The van der Waals surface area contributed by atoms with Crippen molar-refractivity contribution in [2.45, 2.75) is 11.9 Å². The topological polar surface area (TPSA) is 74.7 Å². The van der Waals surface area contributed by atoms with Crippen molar-refractivity contribution in [2.24, 2.45) is 0 Å². The molecule has 116 valence electrons. The van der Waals surface area contributed by atoms with E-state index in [4.69, 9.17) is 5.11 Å². The molecule has 2 rings (SSSR count). The van der Waals surface area contributed by atoms with Crippen LogP contribution in [-0.4, -0.2) is 54.1 Å².